The van der Waals surface area contributed by atoms with Crippen LogP contribution in [0.2, 0.25) is 0 Å². The van der Waals surface area contributed by atoms with Crippen LogP contribution < -0.4 is 5.73 Å². The number of nitrogen functional groups attached to an aromatic ring is 1. The van der Waals surface area contributed by atoms with Crippen molar-refractivity contribution in [2.24, 2.45) is 0 Å². The molecule has 0 spiro atoms. The molecule has 1 aliphatic rings. The van der Waals surface area contributed by atoms with Gasteiger partial charge in [0.2, 0.25) is 0 Å². The Hall–Kier alpha value is -2.15. The van der Waals surface area contributed by atoms with E-state index >= 15 is 0 Å². The second kappa shape index (κ2) is 5.01. The van der Waals surface area contributed by atoms with Crippen LogP contribution in [0.3, 0.4) is 0 Å². The number of carbonyl (C=O) groups excluding carboxylic acids is 1. The van der Waals surface area contributed by atoms with Crippen LogP contribution in [0.15, 0.2) is 18.2 Å². The number of ether oxygens (including phenoxy) is 1. The van der Waals surface area contributed by atoms with E-state index in [4.69, 9.17) is 10.5 Å². The highest BCUT2D eigenvalue weighted by Crippen LogP contribution is 2.23. The summed E-state index contributed by atoms with van der Waals surface area (Å²) >= 11 is 0. The summed E-state index contributed by atoms with van der Waals surface area (Å²) in [5, 5.41) is 10.9. The van der Waals surface area contributed by atoms with E-state index in [-0.39, 0.29) is 17.2 Å². The van der Waals surface area contributed by atoms with Gasteiger partial charge in [-0.3, -0.25) is 14.9 Å². The minimum atomic E-state index is -0.576. The van der Waals surface area contributed by atoms with Crippen LogP contribution >= 0.6 is 0 Å². The molecular formula is C11H13N3O4. The van der Waals surface area contributed by atoms with E-state index in [9.17, 15) is 14.9 Å². The second-order valence-electron chi connectivity index (χ2n) is 3.94. The van der Waals surface area contributed by atoms with E-state index in [1.54, 1.807) is 0 Å². The predicted octanol–water partition coefficient (Wildman–Crippen LogP) is 0.649. The normalized spacial score (nSPS) is 15.4. The highest BCUT2D eigenvalue weighted by molar-refractivity contribution is 5.99. The van der Waals surface area contributed by atoms with Gasteiger partial charge in [0.15, 0.2) is 0 Å². The summed E-state index contributed by atoms with van der Waals surface area (Å²) in [5.74, 6) is -0.377. The van der Waals surface area contributed by atoms with Crippen LogP contribution in [0.1, 0.15) is 10.4 Å². The van der Waals surface area contributed by atoms with Crippen LogP contribution in [-0.2, 0) is 4.74 Å². The quantitative estimate of drug-likeness (QED) is 0.472. The fraction of sp³-hybridized carbons (Fsp3) is 0.364. The van der Waals surface area contributed by atoms with Crippen LogP contribution in [0.25, 0.3) is 0 Å². The van der Waals surface area contributed by atoms with Gasteiger partial charge in [0, 0.05) is 24.8 Å². The third kappa shape index (κ3) is 2.40. The number of morpholine rings is 1. The molecule has 2 N–H and O–H groups in total. The van der Waals surface area contributed by atoms with Gasteiger partial charge in [-0.05, 0) is 12.1 Å². The fourth-order valence-corrected chi connectivity index (χ4v) is 1.82. The van der Waals surface area contributed by atoms with Crippen LogP contribution in [0.4, 0.5) is 11.4 Å². The number of nitrogens with two attached hydrogens (primary N) is 1. The number of carbonyl (C=O) groups is 1. The molecule has 0 atom stereocenters. The topological polar surface area (TPSA) is 98.7 Å². The number of nitro groups is 1. The SMILES string of the molecule is Nc1ccc([N+](=O)[O-])c(C(=O)N2CCOCC2)c1. The lowest BCUT2D eigenvalue weighted by atomic mass is 10.1. The van der Waals surface area contributed by atoms with Gasteiger partial charge in [-0.2, -0.15) is 0 Å². The Labute approximate surface area is 103 Å². The van der Waals surface area contributed by atoms with E-state index in [2.05, 4.69) is 0 Å². The van der Waals surface area contributed by atoms with Crippen molar-refractivity contribution in [3.63, 3.8) is 0 Å². The summed E-state index contributed by atoms with van der Waals surface area (Å²) in [7, 11) is 0. The van der Waals surface area contributed by atoms with Gasteiger partial charge in [-0.25, -0.2) is 0 Å². The molecule has 0 unspecified atom stereocenters. The summed E-state index contributed by atoms with van der Waals surface area (Å²) < 4.78 is 5.13. The van der Waals surface area contributed by atoms with Gasteiger partial charge in [0.1, 0.15) is 5.56 Å². The fourth-order valence-electron chi connectivity index (χ4n) is 1.82. The molecule has 7 heteroatoms. The third-order valence-corrected chi connectivity index (χ3v) is 2.75. The molecule has 1 saturated heterocycles. The molecule has 18 heavy (non-hydrogen) atoms. The Balaban J connectivity index is 2.33. The van der Waals surface area contributed by atoms with Gasteiger partial charge in [0.05, 0.1) is 18.1 Å². The lowest BCUT2D eigenvalue weighted by Gasteiger charge is -2.26. The Morgan fingerprint density at radius 1 is 1.39 bits per heavy atom. The lowest BCUT2D eigenvalue weighted by Crippen LogP contribution is -2.40. The third-order valence-electron chi connectivity index (χ3n) is 2.75. The zero-order valence-electron chi connectivity index (χ0n) is 9.67. The van der Waals surface area contributed by atoms with Crippen molar-refractivity contribution >= 4 is 17.3 Å². The summed E-state index contributed by atoms with van der Waals surface area (Å²) in [5.41, 5.74) is 5.72. The first-order valence-corrected chi connectivity index (χ1v) is 5.50. The van der Waals surface area contributed by atoms with Gasteiger partial charge in [0.25, 0.3) is 11.6 Å². The average molecular weight is 251 g/mol. The van der Waals surface area contributed by atoms with E-state index in [1.807, 2.05) is 0 Å². The maximum absolute atomic E-state index is 12.2. The molecule has 1 fully saturated rings. The molecule has 0 aliphatic carbocycles. The Bertz CT molecular complexity index is 483. The Kier molecular flexibility index (Phi) is 3.42. The van der Waals surface area contributed by atoms with Crippen molar-refractivity contribution in [1.82, 2.24) is 4.90 Å². The molecule has 0 saturated carbocycles. The number of nitrogens with zero attached hydrogens (tertiary/aromatic N) is 2. The minimum absolute atomic E-state index is 0.0295. The maximum atomic E-state index is 12.2. The highest BCUT2D eigenvalue weighted by atomic mass is 16.6. The van der Waals surface area contributed by atoms with E-state index in [0.717, 1.165) is 0 Å². The molecule has 96 valence electrons. The smallest absolute Gasteiger partial charge is 0.282 e. The molecule has 0 bridgehead atoms. The summed E-state index contributed by atoms with van der Waals surface area (Å²) in [4.78, 5) is 24.0. The number of amides is 1. The summed E-state index contributed by atoms with van der Waals surface area (Å²) in [6.45, 7) is 1.76. The molecule has 1 heterocycles. The Morgan fingerprint density at radius 3 is 2.67 bits per heavy atom. The standard InChI is InChI=1S/C11H13N3O4/c12-8-1-2-10(14(16)17)9(7-8)11(15)13-3-5-18-6-4-13/h1-2,7H,3-6,12H2. The first-order valence-electron chi connectivity index (χ1n) is 5.50. The Morgan fingerprint density at radius 2 is 2.06 bits per heavy atom. The molecule has 0 radical (unpaired) electrons. The maximum Gasteiger partial charge on any atom is 0.282 e. The molecule has 1 amide bonds. The molecular weight excluding hydrogens is 238 g/mol. The minimum Gasteiger partial charge on any atom is -0.399 e. The van der Waals surface area contributed by atoms with Crippen molar-refractivity contribution in [3.8, 4) is 0 Å². The molecule has 1 aromatic carbocycles. The number of anilines is 1. The van der Waals surface area contributed by atoms with E-state index in [0.29, 0.717) is 32.0 Å². The monoisotopic (exact) mass is 251 g/mol. The first-order chi connectivity index (χ1) is 8.59. The van der Waals surface area contributed by atoms with Crippen molar-refractivity contribution < 1.29 is 14.5 Å². The molecule has 7 nitrogen and oxygen atoms in total. The molecule has 1 aliphatic heterocycles. The van der Waals surface area contributed by atoms with Crippen molar-refractivity contribution in [3.05, 3.63) is 33.9 Å². The highest BCUT2D eigenvalue weighted by Gasteiger charge is 2.25. The second-order valence-corrected chi connectivity index (χ2v) is 3.94. The van der Waals surface area contributed by atoms with Gasteiger partial charge in [-0.15, -0.1) is 0 Å². The summed E-state index contributed by atoms with van der Waals surface area (Å²) in [6, 6.07) is 4.01. The zero-order chi connectivity index (χ0) is 13.1. The molecule has 0 aromatic heterocycles. The molecule has 2 rings (SSSR count). The van der Waals surface area contributed by atoms with Gasteiger partial charge >= 0.3 is 0 Å². The lowest BCUT2D eigenvalue weighted by molar-refractivity contribution is -0.385. The van der Waals surface area contributed by atoms with Crippen molar-refractivity contribution in [2.75, 3.05) is 32.0 Å². The van der Waals surface area contributed by atoms with Crippen LogP contribution in [-0.4, -0.2) is 42.0 Å². The van der Waals surface area contributed by atoms with Crippen molar-refractivity contribution in [1.29, 1.82) is 0 Å². The largest absolute Gasteiger partial charge is 0.399 e. The van der Waals surface area contributed by atoms with Crippen molar-refractivity contribution in [2.45, 2.75) is 0 Å². The summed E-state index contributed by atoms with van der Waals surface area (Å²) in [6.07, 6.45) is 0. The van der Waals surface area contributed by atoms with E-state index in [1.165, 1.54) is 23.1 Å². The van der Waals surface area contributed by atoms with Gasteiger partial charge in [-0.1, -0.05) is 0 Å². The average Bonchev–Trinajstić information content (AvgIpc) is 2.38. The number of hydrogen-bond donors (Lipinski definition) is 1. The predicted molar refractivity (Wildman–Crippen MR) is 64.2 cm³/mol. The number of hydrogen-bond acceptors (Lipinski definition) is 5. The number of rotatable bonds is 2. The van der Waals surface area contributed by atoms with Crippen LogP contribution in [0.5, 0.6) is 0 Å². The first kappa shape index (κ1) is 12.3. The van der Waals surface area contributed by atoms with E-state index < -0.39 is 4.92 Å². The van der Waals surface area contributed by atoms with Gasteiger partial charge < -0.3 is 15.4 Å². The van der Waals surface area contributed by atoms with Crippen LogP contribution in [0, 0.1) is 10.1 Å². The molecule has 1 aromatic rings. The zero-order valence-corrected chi connectivity index (χ0v) is 9.67. The number of benzene rings is 1. The number of nitro benzene ring substituents is 1.